The minimum atomic E-state index is -0.325. The maximum atomic E-state index is 11.2. The molecule has 18 heavy (non-hydrogen) atoms. The lowest BCUT2D eigenvalue weighted by Gasteiger charge is -2.05. The fourth-order valence-electron chi connectivity index (χ4n) is 1.36. The first-order valence-corrected chi connectivity index (χ1v) is 5.47. The van der Waals surface area contributed by atoms with Crippen molar-refractivity contribution in [3.05, 3.63) is 35.4 Å². The molecule has 7 N–H and O–H groups in total. The van der Waals surface area contributed by atoms with Crippen LogP contribution in [0.25, 0.3) is 0 Å². The Hall–Kier alpha value is -1.96. The van der Waals surface area contributed by atoms with Crippen molar-refractivity contribution >= 4 is 11.8 Å². The maximum Gasteiger partial charge on any atom is 0.265 e. The lowest BCUT2D eigenvalue weighted by molar-refractivity contribution is -0.121. The lowest BCUT2D eigenvalue weighted by Crippen LogP contribution is -2.32. The molecular formula is C11H17N5O2. The molecule has 7 nitrogen and oxygen atoms in total. The number of hydrazine groups is 2. The summed E-state index contributed by atoms with van der Waals surface area (Å²) in [7, 11) is 0. The van der Waals surface area contributed by atoms with Gasteiger partial charge in [-0.15, -0.1) is 0 Å². The molecule has 1 aromatic carbocycles. The predicted octanol–water partition coefficient (Wildman–Crippen LogP) is -1.24. The van der Waals surface area contributed by atoms with E-state index in [1.165, 1.54) is 0 Å². The van der Waals surface area contributed by atoms with Crippen LogP contribution in [0.5, 0.6) is 0 Å². The molecule has 98 valence electrons. The van der Waals surface area contributed by atoms with Gasteiger partial charge in [0.25, 0.3) is 5.91 Å². The van der Waals surface area contributed by atoms with Gasteiger partial charge in [-0.3, -0.25) is 20.4 Å². The molecule has 0 aromatic heterocycles. The fourth-order valence-corrected chi connectivity index (χ4v) is 1.36. The van der Waals surface area contributed by atoms with Crippen molar-refractivity contribution < 1.29 is 9.59 Å². The number of carbonyl (C=O) groups is 2. The molecule has 0 heterocycles. The third-order valence-corrected chi connectivity index (χ3v) is 2.37. The average molecular weight is 251 g/mol. The number of rotatable bonds is 6. The van der Waals surface area contributed by atoms with E-state index < -0.39 is 0 Å². The first kappa shape index (κ1) is 14.1. The van der Waals surface area contributed by atoms with Crippen LogP contribution in [0.3, 0.4) is 0 Å². The molecule has 0 aliphatic heterocycles. The minimum absolute atomic E-state index is 0.211. The Morgan fingerprint density at radius 2 is 1.72 bits per heavy atom. The van der Waals surface area contributed by atoms with E-state index in [0.717, 1.165) is 5.56 Å². The zero-order valence-electron chi connectivity index (χ0n) is 9.90. The van der Waals surface area contributed by atoms with Crippen molar-refractivity contribution in [1.82, 2.24) is 16.2 Å². The van der Waals surface area contributed by atoms with Gasteiger partial charge in [0.05, 0.1) is 0 Å². The molecule has 0 aliphatic rings. The molecule has 1 aromatic rings. The van der Waals surface area contributed by atoms with Crippen LogP contribution < -0.4 is 27.9 Å². The summed E-state index contributed by atoms with van der Waals surface area (Å²) in [6.07, 6.45) is 0.324. The summed E-state index contributed by atoms with van der Waals surface area (Å²) in [6, 6.07) is 7.01. The third kappa shape index (κ3) is 4.50. The molecular weight excluding hydrogens is 234 g/mol. The van der Waals surface area contributed by atoms with Crippen LogP contribution in [0.4, 0.5) is 0 Å². The van der Waals surface area contributed by atoms with Crippen molar-refractivity contribution in [2.75, 3.05) is 6.54 Å². The lowest BCUT2D eigenvalue weighted by atomic mass is 10.1. The van der Waals surface area contributed by atoms with Crippen LogP contribution in [0.1, 0.15) is 22.3 Å². The van der Waals surface area contributed by atoms with Gasteiger partial charge in [0, 0.05) is 25.1 Å². The highest BCUT2D eigenvalue weighted by atomic mass is 16.2. The molecule has 0 saturated carbocycles. The van der Waals surface area contributed by atoms with E-state index in [4.69, 9.17) is 11.7 Å². The summed E-state index contributed by atoms with van der Waals surface area (Å²) in [5, 5.41) is 3.09. The van der Waals surface area contributed by atoms with Crippen molar-refractivity contribution in [2.45, 2.75) is 13.0 Å². The molecule has 0 aliphatic carbocycles. The molecule has 1 rings (SSSR count). The number of hydrogen-bond donors (Lipinski definition) is 5. The Labute approximate surface area is 105 Å². The number of nitrogens with two attached hydrogens (primary N) is 2. The highest BCUT2D eigenvalue weighted by Crippen LogP contribution is 2.03. The van der Waals surface area contributed by atoms with Crippen LogP contribution in [-0.4, -0.2) is 18.4 Å². The Morgan fingerprint density at radius 1 is 1.06 bits per heavy atom. The van der Waals surface area contributed by atoms with Gasteiger partial charge in [0.1, 0.15) is 0 Å². The largest absolute Gasteiger partial charge is 0.312 e. The van der Waals surface area contributed by atoms with E-state index in [1.807, 2.05) is 12.1 Å². The van der Waals surface area contributed by atoms with Crippen LogP contribution >= 0.6 is 0 Å². The second kappa shape index (κ2) is 7.38. The predicted molar refractivity (Wildman–Crippen MR) is 66.7 cm³/mol. The Morgan fingerprint density at radius 3 is 2.28 bits per heavy atom. The first-order valence-electron chi connectivity index (χ1n) is 5.47. The van der Waals surface area contributed by atoms with E-state index in [0.29, 0.717) is 25.1 Å². The average Bonchev–Trinajstić information content (AvgIpc) is 2.43. The third-order valence-electron chi connectivity index (χ3n) is 2.37. The van der Waals surface area contributed by atoms with Gasteiger partial charge in [0.15, 0.2) is 0 Å². The monoisotopic (exact) mass is 251 g/mol. The number of amides is 2. The zero-order valence-corrected chi connectivity index (χ0v) is 9.90. The van der Waals surface area contributed by atoms with Gasteiger partial charge in [-0.05, 0) is 17.7 Å². The number of carbonyl (C=O) groups excluding carboxylic acids is 2. The number of benzene rings is 1. The summed E-state index contributed by atoms with van der Waals surface area (Å²) >= 11 is 0. The van der Waals surface area contributed by atoms with Crippen LogP contribution in [0.2, 0.25) is 0 Å². The van der Waals surface area contributed by atoms with E-state index in [-0.39, 0.29) is 11.8 Å². The highest BCUT2D eigenvalue weighted by Gasteiger charge is 2.02. The molecule has 0 saturated heterocycles. The summed E-state index contributed by atoms with van der Waals surface area (Å²) in [4.78, 5) is 22.0. The molecule has 0 bridgehead atoms. The van der Waals surface area contributed by atoms with Crippen molar-refractivity contribution in [3.8, 4) is 0 Å². The minimum Gasteiger partial charge on any atom is -0.312 e. The first-order chi connectivity index (χ1) is 8.67. The van der Waals surface area contributed by atoms with Gasteiger partial charge < -0.3 is 5.32 Å². The summed E-state index contributed by atoms with van der Waals surface area (Å²) in [5.74, 6) is 9.43. The Bertz CT molecular complexity index is 404. The second-order valence-electron chi connectivity index (χ2n) is 3.66. The van der Waals surface area contributed by atoms with E-state index in [1.54, 1.807) is 12.1 Å². The van der Waals surface area contributed by atoms with Crippen LogP contribution in [0.15, 0.2) is 24.3 Å². The van der Waals surface area contributed by atoms with Gasteiger partial charge in [-0.1, -0.05) is 12.1 Å². The zero-order chi connectivity index (χ0) is 13.4. The van der Waals surface area contributed by atoms with E-state index in [2.05, 4.69) is 16.2 Å². The topological polar surface area (TPSA) is 122 Å². The summed E-state index contributed by atoms with van der Waals surface area (Å²) in [5.41, 5.74) is 5.63. The quantitative estimate of drug-likeness (QED) is 0.187. The Balaban J connectivity index is 2.35. The number of nitrogens with one attached hydrogen (secondary N) is 3. The number of hydrogen-bond acceptors (Lipinski definition) is 5. The molecule has 7 heteroatoms. The van der Waals surface area contributed by atoms with Crippen molar-refractivity contribution in [3.63, 3.8) is 0 Å². The fraction of sp³-hybridized carbons (Fsp3) is 0.273. The SMILES string of the molecule is NNC(=O)CCNCc1ccc(C(=O)NN)cc1. The van der Waals surface area contributed by atoms with Crippen LogP contribution in [0, 0.1) is 0 Å². The molecule has 0 fully saturated rings. The van der Waals surface area contributed by atoms with E-state index >= 15 is 0 Å². The summed E-state index contributed by atoms with van der Waals surface area (Å²) in [6.45, 7) is 1.15. The number of nitrogen functional groups attached to an aromatic ring is 1. The molecule has 0 unspecified atom stereocenters. The van der Waals surface area contributed by atoms with Gasteiger partial charge in [0.2, 0.25) is 5.91 Å². The Kier molecular flexibility index (Phi) is 5.78. The maximum absolute atomic E-state index is 11.2. The van der Waals surface area contributed by atoms with Gasteiger partial charge in [-0.2, -0.15) is 0 Å². The van der Waals surface area contributed by atoms with Crippen molar-refractivity contribution in [1.29, 1.82) is 0 Å². The molecule has 0 atom stereocenters. The molecule has 2 amide bonds. The molecule has 0 radical (unpaired) electrons. The highest BCUT2D eigenvalue weighted by molar-refractivity contribution is 5.93. The normalized spacial score (nSPS) is 9.89. The standard InChI is InChI=1S/C11H17N5O2/c12-15-10(17)5-6-14-7-8-1-3-9(4-2-8)11(18)16-13/h1-4,14H,5-7,12-13H2,(H,15,17)(H,16,18). The van der Waals surface area contributed by atoms with E-state index in [9.17, 15) is 9.59 Å². The summed E-state index contributed by atoms with van der Waals surface area (Å²) < 4.78 is 0. The molecule has 0 spiro atoms. The van der Waals surface area contributed by atoms with Gasteiger partial charge >= 0.3 is 0 Å². The van der Waals surface area contributed by atoms with Gasteiger partial charge in [-0.25, -0.2) is 11.7 Å². The second-order valence-corrected chi connectivity index (χ2v) is 3.66. The smallest absolute Gasteiger partial charge is 0.265 e. The van der Waals surface area contributed by atoms with Crippen molar-refractivity contribution in [2.24, 2.45) is 11.7 Å². The van der Waals surface area contributed by atoms with Crippen LogP contribution in [-0.2, 0) is 11.3 Å².